The fourth-order valence-corrected chi connectivity index (χ4v) is 2.19. The first kappa shape index (κ1) is 21.4. The van der Waals surface area contributed by atoms with Gasteiger partial charge in [-0.1, -0.05) is 24.2 Å². The summed E-state index contributed by atoms with van der Waals surface area (Å²) in [6.45, 7) is 4.08. The van der Waals surface area contributed by atoms with E-state index in [1.807, 2.05) is 24.3 Å². The lowest BCUT2D eigenvalue weighted by molar-refractivity contribution is 0.203. The van der Waals surface area contributed by atoms with Crippen molar-refractivity contribution in [3.05, 3.63) is 35.7 Å². The highest BCUT2D eigenvalue weighted by Crippen LogP contribution is 2.18. The van der Waals surface area contributed by atoms with Crippen LogP contribution in [0.25, 0.3) is 11.5 Å². The molecule has 1 aromatic carbocycles. The summed E-state index contributed by atoms with van der Waals surface area (Å²) in [6.07, 6.45) is 1.83. The van der Waals surface area contributed by atoms with Gasteiger partial charge < -0.3 is 19.9 Å². The summed E-state index contributed by atoms with van der Waals surface area (Å²) in [5.74, 6) is 2.04. The first-order valence-electron chi connectivity index (χ1n) is 8.12. The second-order valence-corrected chi connectivity index (χ2v) is 5.31. The van der Waals surface area contributed by atoms with E-state index >= 15 is 0 Å². The monoisotopic (exact) mass is 459 g/mol. The number of methoxy groups -OCH3 is 1. The number of nitrogens with zero attached hydrogens (tertiary/aromatic N) is 3. The van der Waals surface area contributed by atoms with E-state index in [9.17, 15) is 0 Å². The Balaban J connectivity index is 0.00000312. The molecule has 0 bridgehead atoms. The summed E-state index contributed by atoms with van der Waals surface area (Å²) in [4.78, 5) is 8.60. The maximum atomic E-state index is 5.34. The lowest BCUT2D eigenvalue weighted by Gasteiger charge is -2.11. The number of rotatable bonds is 8. The molecule has 8 heteroatoms. The van der Waals surface area contributed by atoms with E-state index < -0.39 is 0 Å². The molecule has 0 aliphatic carbocycles. The normalized spacial score (nSPS) is 11.1. The fourth-order valence-electron chi connectivity index (χ4n) is 2.19. The Morgan fingerprint density at radius 1 is 1.32 bits per heavy atom. The van der Waals surface area contributed by atoms with Crippen molar-refractivity contribution >= 4 is 29.9 Å². The summed E-state index contributed by atoms with van der Waals surface area (Å²) in [5, 5.41) is 10.4. The summed E-state index contributed by atoms with van der Waals surface area (Å²) in [6, 6.07) is 8.04. The van der Waals surface area contributed by atoms with Gasteiger partial charge in [0.2, 0.25) is 0 Å². The molecule has 1 aromatic heterocycles. The van der Waals surface area contributed by atoms with Gasteiger partial charge in [-0.15, -0.1) is 24.0 Å². The third-order valence-electron chi connectivity index (χ3n) is 3.40. The van der Waals surface area contributed by atoms with E-state index in [1.54, 1.807) is 14.2 Å². The van der Waals surface area contributed by atoms with E-state index in [0.717, 1.165) is 35.8 Å². The largest absolute Gasteiger partial charge is 0.383 e. The van der Waals surface area contributed by atoms with Crippen molar-refractivity contribution in [2.75, 3.05) is 27.3 Å². The van der Waals surface area contributed by atoms with Crippen LogP contribution >= 0.6 is 24.0 Å². The van der Waals surface area contributed by atoms with E-state index in [-0.39, 0.29) is 24.0 Å². The molecule has 25 heavy (non-hydrogen) atoms. The van der Waals surface area contributed by atoms with Crippen molar-refractivity contribution in [2.24, 2.45) is 4.99 Å². The number of aryl methyl sites for hydroxylation is 1. The molecule has 0 unspecified atom stereocenters. The Morgan fingerprint density at radius 3 is 2.88 bits per heavy atom. The van der Waals surface area contributed by atoms with Crippen LogP contribution in [0.2, 0.25) is 0 Å². The number of aliphatic imine (C=N–C) groups is 1. The van der Waals surface area contributed by atoms with Crippen LogP contribution in [0.1, 0.15) is 24.7 Å². The van der Waals surface area contributed by atoms with Gasteiger partial charge in [0.15, 0.2) is 11.8 Å². The zero-order valence-corrected chi connectivity index (χ0v) is 17.2. The number of hydrogen-bond acceptors (Lipinski definition) is 5. The van der Waals surface area contributed by atoms with Crippen molar-refractivity contribution in [1.82, 2.24) is 20.8 Å². The van der Waals surface area contributed by atoms with E-state index in [0.29, 0.717) is 25.6 Å². The molecule has 2 aromatic rings. The Kier molecular flexibility index (Phi) is 10.1. The maximum Gasteiger partial charge on any atom is 0.257 e. The number of benzene rings is 1. The molecule has 0 saturated heterocycles. The molecule has 0 amide bonds. The minimum absolute atomic E-state index is 0. The first-order chi connectivity index (χ1) is 11.8. The van der Waals surface area contributed by atoms with Crippen LogP contribution in [-0.2, 0) is 17.7 Å². The topological polar surface area (TPSA) is 84.6 Å². The van der Waals surface area contributed by atoms with Crippen LogP contribution in [0.15, 0.2) is 33.8 Å². The van der Waals surface area contributed by atoms with Gasteiger partial charge in [-0.05, 0) is 24.1 Å². The summed E-state index contributed by atoms with van der Waals surface area (Å²) in [7, 11) is 3.42. The van der Waals surface area contributed by atoms with Gasteiger partial charge in [0.25, 0.3) is 5.89 Å². The standard InChI is InChI=1S/C17H25N5O2.HI/c1-4-6-15-21-16(24-22-15)14-8-5-7-13(11-14)12-20-17(18-2)19-9-10-23-3;/h5,7-8,11H,4,6,9-10,12H2,1-3H3,(H2,18,19,20);1H. The second-order valence-electron chi connectivity index (χ2n) is 5.31. The maximum absolute atomic E-state index is 5.34. The van der Waals surface area contributed by atoms with Gasteiger partial charge in [0.05, 0.1) is 6.61 Å². The Labute approximate surface area is 165 Å². The molecular formula is C17H26IN5O2. The van der Waals surface area contributed by atoms with E-state index in [4.69, 9.17) is 9.26 Å². The van der Waals surface area contributed by atoms with E-state index in [1.165, 1.54) is 0 Å². The van der Waals surface area contributed by atoms with Gasteiger partial charge in [-0.3, -0.25) is 4.99 Å². The zero-order chi connectivity index (χ0) is 17.2. The average Bonchev–Trinajstić information content (AvgIpc) is 3.07. The minimum Gasteiger partial charge on any atom is -0.383 e. The van der Waals surface area contributed by atoms with Gasteiger partial charge in [-0.2, -0.15) is 4.98 Å². The molecule has 0 spiro atoms. The van der Waals surface area contributed by atoms with Crippen molar-refractivity contribution < 1.29 is 9.26 Å². The Hall–Kier alpha value is -1.68. The van der Waals surface area contributed by atoms with Gasteiger partial charge >= 0.3 is 0 Å². The number of nitrogens with one attached hydrogen (secondary N) is 2. The SMILES string of the molecule is CCCc1noc(-c2cccc(CNC(=NC)NCCOC)c2)n1.I. The van der Waals surface area contributed by atoms with Crippen LogP contribution in [0, 0.1) is 0 Å². The Morgan fingerprint density at radius 2 is 2.16 bits per heavy atom. The molecule has 0 saturated carbocycles. The lowest BCUT2D eigenvalue weighted by atomic mass is 10.1. The third-order valence-corrected chi connectivity index (χ3v) is 3.40. The second kappa shape index (κ2) is 11.8. The third kappa shape index (κ3) is 6.99. The molecule has 0 radical (unpaired) electrons. The molecule has 0 aliphatic rings. The highest BCUT2D eigenvalue weighted by atomic mass is 127. The van der Waals surface area contributed by atoms with Crippen molar-refractivity contribution in [3.63, 3.8) is 0 Å². The minimum atomic E-state index is 0. The highest BCUT2D eigenvalue weighted by molar-refractivity contribution is 14.0. The van der Waals surface area contributed by atoms with Crippen LogP contribution in [0.3, 0.4) is 0 Å². The van der Waals surface area contributed by atoms with Crippen LogP contribution in [0.5, 0.6) is 0 Å². The van der Waals surface area contributed by atoms with Gasteiger partial charge in [-0.25, -0.2) is 0 Å². The number of ether oxygens (including phenoxy) is 1. The number of halogens is 1. The van der Waals surface area contributed by atoms with Crippen molar-refractivity contribution in [3.8, 4) is 11.5 Å². The molecule has 0 aliphatic heterocycles. The predicted octanol–water partition coefficient (Wildman–Crippen LogP) is 2.62. The van der Waals surface area contributed by atoms with Crippen LogP contribution in [0.4, 0.5) is 0 Å². The summed E-state index contributed by atoms with van der Waals surface area (Å²) in [5.41, 5.74) is 2.03. The molecule has 2 N–H and O–H groups in total. The van der Waals surface area contributed by atoms with E-state index in [2.05, 4.69) is 32.7 Å². The molecule has 7 nitrogen and oxygen atoms in total. The van der Waals surface area contributed by atoms with Crippen molar-refractivity contribution in [2.45, 2.75) is 26.3 Å². The summed E-state index contributed by atoms with van der Waals surface area (Å²) >= 11 is 0. The number of aromatic nitrogens is 2. The smallest absolute Gasteiger partial charge is 0.257 e. The highest BCUT2D eigenvalue weighted by Gasteiger charge is 2.09. The molecule has 0 atom stereocenters. The fraction of sp³-hybridized carbons (Fsp3) is 0.471. The molecular weight excluding hydrogens is 433 g/mol. The molecule has 1 heterocycles. The zero-order valence-electron chi connectivity index (χ0n) is 14.9. The quantitative estimate of drug-likeness (QED) is 0.273. The Bertz CT molecular complexity index is 660. The van der Waals surface area contributed by atoms with Gasteiger partial charge in [0.1, 0.15) is 0 Å². The predicted molar refractivity (Wildman–Crippen MR) is 109 cm³/mol. The van der Waals surface area contributed by atoms with Crippen molar-refractivity contribution in [1.29, 1.82) is 0 Å². The molecule has 138 valence electrons. The lowest BCUT2D eigenvalue weighted by Crippen LogP contribution is -2.38. The number of hydrogen-bond donors (Lipinski definition) is 2. The summed E-state index contributed by atoms with van der Waals surface area (Å²) < 4.78 is 10.4. The molecule has 2 rings (SSSR count). The molecule has 0 fully saturated rings. The van der Waals surface area contributed by atoms with Gasteiger partial charge in [0, 0.05) is 39.2 Å². The first-order valence-corrected chi connectivity index (χ1v) is 8.12. The average molecular weight is 459 g/mol. The number of guanidine groups is 1. The van der Waals surface area contributed by atoms with Crippen LogP contribution in [-0.4, -0.2) is 43.4 Å². The van der Waals surface area contributed by atoms with Crippen LogP contribution < -0.4 is 10.6 Å².